The highest BCUT2D eigenvalue weighted by Crippen LogP contribution is 2.39. The zero-order valence-electron chi connectivity index (χ0n) is 21.6. The van der Waals surface area contributed by atoms with Crippen LogP contribution in [0.15, 0.2) is 77.5 Å². The van der Waals surface area contributed by atoms with Crippen molar-refractivity contribution in [2.45, 2.75) is 31.0 Å². The summed E-state index contributed by atoms with van der Waals surface area (Å²) in [6.45, 7) is 2.28. The number of guanidine groups is 1. The van der Waals surface area contributed by atoms with Gasteiger partial charge in [-0.25, -0.2) is 4.99 Å². The summed E-state index contributed by atoms with van der Waals surface area (Å²) in [7, 11) is 6.08. The minimum Gasteiger partial charge on any atom is -0.408 e. The van der Waals surface area contributed by atoms with E-state index in [0.29, 0.717) is 12.5 Å². The van der Waals surface area contributed by atoms with Crippen LogP contribution in [0, 0.1) is 0 Å². The summed E-state index contributed by atoms with van der Waals surface area (Å²) in [6, 6.07) is 12.6. The molecule has 0 amide bonds. The van der Waals surface area contributed by atoms with E-state index in [-0.39, 0.29) is 12.2 Å². The van der Waals surface area contributed by atoms with Crippen molar-refractivity contribution in [3.05, 3.63) is 83.8 Å². The molecule has 194 valence electrons. The first-order chi connectivity index (χ1) is 18.0. The monoisotopic (exact) mass is 501 g/mol. The fourth-order valence-corrected chi connectivity index (χ4v) is 4.81. The van der Waals surface area contributed by atoms with Crippen molar-refractivity contribution in [2.75, 3.05) is 46.1 Å². The number of rotatable bonds is 7. The average Bonchev–Trinajstić information content (AvgIpc) is 3.54. The summed E-state index contributed by atoms with van der Waals surface area (Å²) in [5.41, 5.74) is 2.41. The van der Waals surface area contributed by atoms with Crippen molar-refractivity contribution in [3.8, 4) is 0 Å². The number of nitrogens with one attached hydrogen (secondary N) is 3. The molecule has 10 heteroatoms. The second-order valence-electron chi connectivity index (χ2n) is 10.1. The van der Waals surface area contributed by atoms with Crippen molar-refractivity contribution in [3.63, 3.8) is 0 Å². The largest absolute Gasteiger partial charge is 0.408 e. The molecule has 1 aromatic carbocycles. The summed E-state index contributed by atoms with van der Waals surface area (Å²) in [6.07, 6.45) is 10.9. The molecule has 0 bridgehead atoms. The molecule has 0 saturated heterocycles. The van der Waals surface area contributed by atoms with Crippen LogP contribution in [0.1, 0.15) is 36.1 Å². The van der Waals surface area contributed by atoms with Gasteiger partial charge in [0.2, 0.25) is 5.96 Å². The lowest BCUT2D eigenvalue weighted by Gasteiger charge is -2.39. The highest BCUT2D eigenvalue weighted by Gasteiger charge is 2.30. The van der Waals surface area contributed by atoms with Crippen molar-refractivity contribution in [1.29, 1.82) is 0 Å². The van der Waals surface area contributed by atoms with Crippen molar-refractivity contribution in [1.82, 2.24) is 35.3 Å². The summed E-state index contributed by atoms with van der Waals surface area (Å²) < 4.78 is 0. The van der Waals surface area contributed by atoms with Crippen LogP contribution >= 0.6 is 0 Å². The van der Waals surface area contributed by atoms with Gasteiger partial charge >= 0.3 is 0 Å². The van der Waals surface area contributed by atoms with Crippen LogP contribution in [0.3, 0.4) is 0 Å². The molecule has 1 saturated carbocycles. The first-order valence-corrected chi connectivity index (χ1v) is 12.9. The molecule has 0 spiro atoms. The predicted octanol–water partition coefficient (Wildman–Crippen LogP) is 2.98. The number of aromatic amines is 1. The molecule has 1 fully saturated rings. The van der Waals surface area contributed by atoms with Crippen LogP contribution in [0.25, 0.3) is 0 Å². The third-order valence-electron chi connectivity index (χ3n) is 7.24. The van der Waals surface area contributed by atoms with E-state index in [0.717, 1.165) is 36.4 Å². The van der Waals surface area contributed by atoms with Gasteiger partial charge in [0.05, 0.1) is 6.04 Å². The Bertz CT molecular complexity index is 1230. The van der Waals surface area contributed by atoms with E-state index in [9.17, 15) is 0 Å². The zero-order valence-corrected chi connectivity index (χ0v) is 21.6. The van der Waals surface area contributed by atoms with Gasteiger partial charge in [-0.3, -0.25) is 5.10 Å². The standard InChI is InChI=1S/C27H35N9O/c1-33-11-13-36(14-12-33)26-17-25(29-24-16-22(31-32-24)19-9-10-19)34(2)27(30-26)28-18-21-15-23(35(3)37-21)20-7-5-4-6-8-20/h4-8,11,13,15-17,19,23,25H,9-10,12,14,18H2,1-3H3,(H,28,30)(H2,29,31,32). The van der Waals surface area contributed by atoms with E-state index >= 15 is 0 Å². The minimum absolute atomic E-state index is 0.0779. The number of aliphatic imine (C=N–C) groups is 1. The molecule has 2 unspecified atom stereocenters. The summed E-state index contributed by atoms with van der Waals surface area (Å²) in [5.74, 6) is 4.08. The number of nitrogens with zero attached hydrogens (tertiary/aromatic N) is 6. The molecule has 1 aromatic heterocycles. The Morgan fingerprint density at radius 1 is 1.08 bits per heavy atom. The molecule has 4 aliphatic rings. The van der Waals surface area contributed by atoms with Gasteiger partial charge in [0.15, 0.2) is 0 Å². The molecule has 3 aliphatic heterocycles. The Labute approximate surface area is 217 Å². The fourth-order valence-electron chi connectivity index (χ4n) is 4.81. The third-order valence-corrected chi connectivity index (χ3v) is 7.24. The van der Waals surface area contributed by atoms with Gasteiger partial charge in [-0.1, -0.05) is 30.3 Å². The second-order valence-corrected chi connectivity index (χ2v) is 10.1. The van der Waals surface area contributed by atoms with Crippen LogP contribution in [-0.2, 0) is 4.84 Å². The maximum absolute atomic E-state index is 6.03. The number of benzene rings is 1. The smallest absolute Gasteiger partial charge is 0.201 e. The Balaban J connectivity index is 1.22. The summed E-state index contributed by atoms with van der Waals surface area (Å²) >= 11 is 0. The topological polar surface area (TPSA) is 87.3 Å². The molecule has 10 nitrogen and oxygen atoms in total. The molecule has 37 heavy (non-hydrogen) atoms. The van der Waals surface area contributed by atoms with Gasteiger partial charge in [-0.2, -0.15) is 5.10 Å². The lowest BCUT2D eigenvalue weighted by Crippen LogP contribution is -2.54. The van der Waals surface area contributed by atoms with Gasteiger partial charge < -0.3 is 30.2 Å². The Kier molecular flexibility index (Phi) is 6.25. The first-order valence-electron chi connectivity index (χ1n) is 12.9. The first kappa shape index (κ1) is 23.5. The van der Waals surface area contributed by atoms with E-state index in [1.54, 1.807) is 0 Å². The second kappa shape index (κ2) is 9.85. The quantitative estimate of drug-likeness (QED) is 0.534. The molecular formula is C27H35N9O. The lowest BCUT2D eigenvalue weighted by molar-refractivity contribution is -0.0952. The number of likely N-dealkylation sites (N-methyl/N-ethyl adjacent to an activating group) is 3. The number of H-pyrrole nitrogens is 1. The minimum atomic E-state index is -0.114. The molecule has 0 radical (unpaired) electrons. The Morgan fingerprint density at radius 2 is 1.92 bits per heavy atom. The number of hydroxylamine groups is 2. The van der Waals surface area contributed by atoms with Gasteiger partial charge in [-0.05, 0) is 30.6 Å². The third kappa shape index (κ3) is 5.15. The summed E-state index contributed by atoms with van der Waals surface area (Å²) in [4.78, 5) is 17.5. The Hall–Kier alpha value is -3.92. The Morgan fingerprint density at radius 3 is 2.68 bits per heavy atom. The van der Waals surface area contributed by atoms with E-state index in [1.165, 1.54) is 24.1 Å². The van der Waals surface area contributed by atoms with Crippen LogP contribution < -0.4 is 10.6 Å². The molecule has 2 atom stereocenters. The number of hydrogen-bond acceptors (Lipinski definition) is 7. The molecule has 6 rings (SSSR count). The van der Waals surface area contributed by atoms with Crippen LogP contribution in [-0.4, -0.2) is 82.9 Å². The van der Waals surface area contributed by atoms with Gasteiger partial charge in [0.25, 0.3) is 0 Å². The lowest BCUT2D eigenvalue weighted by atomic mass is 10.1. The predicted molar refractivity (Wildman–Crippen MR) is 144 cm³/mol. The molecule has 2 aromatic rings. The normalized spacial score (nSPS) is 25.2. The number of anilines is 1. The van der Waals surface area contributed by atoms with Crippen molar-refractivity contribution in [2.24, 2.45) is 4.99 Å². The van der Waals surface area contributed by atoms with E-state index in [4.69, 9.17) is 9.83 Å². The van der Waals surface area contributed by atoms with Crippen LogP contribution in [0.2, 0.25) is 0 Å². The van der Waals surface area contributed by atoms with E-state index < -0.39 is 0 Å². The van der Waals surface area contributed by atoms with Crippen LogP contribution in [0.4, 0.5) is 5.82 Å². The molecule has 3 N–H and O–H groups in total. The summed E-state index contributed by atoms with van der Waals surface area (Å²) in [5, 5.41) is 16.7. The van der Waals surface area contributed by atoms with Crippen molar-refractivity contribution >= 4 is 11.8 Å². The van der Waals surface area contributed by atoms with Crippen LogP contribution in [0.5, 0.6) is 0 Å². The van der Waals surface area contributed by atoms with Gasteiger partial charge in [0.1, 0.15) is 30.1 Å². The van der Waals surface area contributed by atoms with Gasteiger partial charge in [0, 0.05) is 64.3 Å². The molecule has 4 heterocycles. The number of hydrogen-bond donors (Lipinski definition) is 3. The highest BCUT2D eigenvalue weighted by molar-refractivity contribution is 5.83. The zero-order chi connectivity index (χ0) is 25.4. The van der Waals surface area contributed by atoms with E-state index in [2.05, 4.69) is 97.5 Å². The molecule has 1 aliphatic carbocycles. The maximum atomic E-state index is 6.03. The maximum Gasteiger partial charge on any atom is 0.201 e. The van der Waals surface area contributed by atoms with E-state index in [1.807, 2.05) is 25.2 Å². The fraction of sp³-hybridized carbons (Fsp3) is 0.407. The van der Waals surface area contributed by atoms with Crippen molar-refractivity contribution < 1.29 is 4.84 Å². The SMILES string of the molecule is CN1C=CN(C2=CC(Nc3cc(C4CC4)[nH]n3)N(C)C(=NCC3=CC(c4ccccc4)N(C)O3)N2)CC1. The number of aromatic nitrogens is 2. The molecular weight excluding hydrogens is 466 g/mol. The van der Waals surface area contributed by atoms with Gasteiger partial charge in [-0.15, -0.1) is 5.06 Å². The average molecular weight is 502 g/mol. The highest BCUT2D eigenvalue weighted by atomic mass is 16.7.